The van der Waals surface area contributed by atoms with Crippen molar-refractivity contribution >= 4 is 29.1 Å². The van der Waals surface area contributed by atoms with E-state index >= 15 is 0 Å². The Bertz CT molecular complexity index is 684. The second-order valence-electron chi connectivity index (χ2n) is 5.06. The smallest absolute Gasteiger partial charge is 0.257 e. The predicted molar refractivity (Wildman–Crippen MR) is 93.8 cm³/mol. The van der Waals surface area contributed by atoms with Crippen molar-refractivity contribution in [2.45, 2.75) is 6.92 Å². The molecule has 130 valence electrons. The molecule has 0 unspecified atom stereocenters. The molecule has 0 bridgehead atoms. The predicted octanol–water partition coefficient (Wildman–Crippen LogP) is 2.92. The molecule has 8 heteroatoms. The molecule has 1 amide bonds. The van der Waals surface area contributed by atoms with Gasteiger partial charge in [0.1, 0.15) is 17.0 Å². The third-order valence-electron chi connectivity index (χ3n) is 3.36. The van der Waals surface area contributed by atoms with Crippen molar-refractivity contribution in [1.82, 2.24) is 15.8 Å². The SMILES string of the molecule is COCCNCCNC(=O)c1c(-c2c(Cl)cccc2Cl)noc1C. The summed E-state index contributed by atoms with van der Waals surface area (Å²) in [7, 11) is 1.64. The molecule has 0 radical (unpaired) electrons. The molecule has 1 heterocycles. The van der Waals surface area contributed by atoms with E-state index in [4.69, 9.17) is 32.5 Å². The van der Waals surface area contributed by atoms with Crippen LogP contribution in [-0.2, 0) is 4.74 Å². The number of rotatable bonds is 8. The Kier molecular flexibility index (Phi) is 7.05. The van der Waals surface area contributed by atoms with E-state index in [1.54, 1.807) is 32.2 Å². The Balaban J connectivity index is 2.11. The number of benzene rings is 1. The lowest BCUT2D eigenvalue weighted by atomic mass is 10.1. The van der Waals surface area contributed by atoms with Crippen LogP contribution in [0.3, 0.4) is 0 Å². The van der Waals surface area contributed by atoms with E-state index in [1.807, 2.05) is 0 Å². The summed E-state index contributed by atoms with van der Waals surface area (Å²) in [6.45, 7) is 4.10. The topological polar surface area (TPSA) is 76.4 Å². The van der Waals surface area contributed by atoms with Crippen LogP contribution in [0.4, 0.5) is 0 Å². The molecule has 0 spiro atoms. The number of ether oxygens (including phenoxy) is 1. The third-order valence-corrected chi connectivity index (χ3v) is 3.99. The van der Waals surface area contributed by atoms with Gasteiger partial charge in [0.15, 0.2) is 0 Å². The van der Waals surface area contributed by atoms with Gasteiger partial charge in [-0.2, -0.15) is 0 Å². The quantitative estimate of drug-likeness (QED) is 0.697. The van der Waals surface area contributed by atoms with E-state index in [9.17, 15) is 4.79 Å². The molecule has 2 rings (SSSR count). The van der Waals surface area contributed by atoms with Crippen LogP contribution in [0.25, 0.3) is 11.3 Å². The van der Waals surface area contributed by atoms with Crippen molar-refractivity contribution in [3.05, 3.63) is 39.6 Å². The van der Waals surface area contributed by atoms with Crippen molar-refractivity contribution in [3.63, 3.8) is 0 Å². The fourth-order valence-corrected chi connectivity index (χ4v) is 2.76. The van der Waals surface area contributed by atoms with Gasteiger partial charge in [0.25, 0.3) is 5.91 Å². The summed E-state index contributed by atoms with van der Waals surface area (Å²) in [6, 6.07) is 5.11. The van der Waals surface area contributed by atoms with Gasteiger partial charge in [-0.25, -0.2) is 0 Å². The highest BCUT2D eigenvalue weighted by Crippen LogP contribution is 2.36. The third kappa shape index (κ3) is 4.48. The standard InChI is InChI=1S/C16H19Cl2N3O3/c1-10-13(16(22)20-7-6-19-8-9-23-2)15(21-24-10)14-11(17)4-3-5-12(14)18/h3-5,19H,6-9H2,1-2H3,(H,20,22). The summed E-state index contributed by atoms with van der Waals surface area (Å²) in [6.07, 6.45) is 0. The second kappa shape index (κ2) is 9.03. The molecular weight excluding hydrogens is 353 g/mol. The van der Waals surface area contributed by atoms with Crippen molar-refractivity contribution in [2.24, 2.45) is 0 Å². The molecule has 24 heavy (non-hydrogen) atoms. The average molecular weight is 372 g/mol. The van der Waals surface area contributed by atoms with Crippen LogP contribution in [0.1, 0.15) is 16.1 Å². The van der Waals surface area contributed by atoms with Crippen LogP contribution < -0.4 is 10.6 Å². The Morgan fingerprint density at radius 3 is 2.62 bits per heavy atom. The van der Waals surface area contributed by atoms with E-state index in [-0.39, 0.29) is 5.91 Å². The molecule has 6 nitrogen and oxygen atoms in total. The van der Waals surface area contributed by atoms with Gasteiger partial charge in [0.05, 0.1) is 16.7 Å². The van der Waals surface area contributed by atoms with Crippen LogP contribution in [0.2, 0.25) is 10.0 Å². The summed E-state index contributed by atoms with van der Waals surface area (Å²) in [5.41, 5.74) is 1.16. The highest BCUT2D eigenvalue weighted by molar-refractivity contribution is 6.39. The van der Waals surface area contributed by atoms with Crippen molar-refractivity contribution in [1.29, 1.82) is 0 Å². The number of carbonyl (C=O) groups excluding carboxylic acids is 1. The maximum absolute atomic E-state index is 12.5. The first-order valence-electron chi connectivity index (χ1n) is 7.44. The average Bonchev–Trinajstić information content (AvgIpc) is 2.92. The number of amides is 1. The zero-order chi connectivity index (χ0) is 17.5. The van der Waals surface area contributed by atoms with Gasteiger partial charge in [0.2, 0.25) is 0 Å². The number of aromatic nitrogens is 1. The molecule has 0 atom stereocenters. The normalized spacial score (nSPS) is 10.8. The fourth-order valence-electron chi connectivity index (χ4n) is 2.19. The van der Waals surface area contributed by atoms with Gasteiger partial charge in [0, 0.05) is 32.3 Å². The Morgan fingerprint density at radius 1 is 1.25 bits per heavy atom. The lowest BCUT2D eigenvalue weighted by Crippen LogP contribution is -2.33. The number of carbonyl (C=O) groups is 1. The van der Waals surface area contributed by atoms with Gasteiger partial charge in [-0.15, -0.1) is 0 Å². The Hall–Kier alpha value is -1.60. The minimum Gasteiger partial charge on any atom is -0.383 e. The van der Waals surface area contributed by atoms with E-state index < -0.39 is 0 Å². The molecule has 0 aliphatic heterocycles. The van der Waals surface area contributed by atoms with E-state index in [0.29, 0.717) is 52.3 Å². The minimum atomic E-state index is -0.284. The molecule has 2 aromatic rings. The zero-order valence-electron chi connectivity index (χ0n) is 13.5. The van der Waals surface area contributed by atoms with E-state index in [0.717, 1.165) is 6.54 Å². The molecule has 0 aliphatic rings. The fraction of sp³-hybridized carbons (Fsp3) is 0.375. The number of methoxy groups -OCH3 is 1. The van der Waals surface area contributed by atoms with Gasteiger partial charge in [-0.05, 0) is 19.1 Å². The second-order valence-corrected chi connectivity index (χ2v) is 5.87. The lowest BCUT2D eigenvalue weighted by Gasteiger charge is -2.08. The first kappa shape index (κ1) is 18.7. The number of hydrogen-bond acceptors (Lipinski definition) is 5. The molecule has 1 aromatic heterocycles. The van der Waals surface area contributed by atoms with E-state index in [1.165, 1.54) is 0 Å². The van der Waals surface area contributed by atoms with Gasteiger partial charge in [-0.3, -0.25) is 4.79 Å². The van der Waals surface area contributed by atoms with Crippen LogP contribution in [-0.4, -0.2) is 44.4 Å². The van der Waals surface area contributed by atoms with Crippen molar-refractivity contribution < 1.29 is 14.1 Å². The van der Waals surface area contributed by atoms with Gasteiger partial charge >= 0.3 is 0 Å². The largest absolute Gasteiger partial charge is 0.383 e. The van der Waals surface area contributed by atoms with Crippen LogP contribution in [0, 0.1) is 6.92 Å². The highest BCUT2D eigenvalue weighted by atomic mass is 35.5. The maximum Gasteiger partial charge on any atom is 0.257 e. The Morgan fingerprint density at radius 2 is 1.96 bits per heavy atom. The highest BCUT2D eigenvalue weighted by Gasteiger charge is 2.24. The molecule has 0 saturated heterocycles. The van der Waals surface area contributed by atoms with Gasteiger partial charge in [-0.1, -0.05) is 34.4 Å². The zero-order valence-corrected chi connectivity index (χ0v) is 15.0. The molecule has 2 N–H and O–H groups in total. The van der Waals surface area contributed by atoms with Crippen LogP contribution in [0.5, 0.6) is 0 Å². The van der Waals surface area contributed by atoms with Crippen LogP contribution >= 0.6 is 23.2 Å². The Labute approximate surface area is 150 Å². The summed E-state index contributed by atoms with van der Waals surface area (Å²) >= 11 is 12.4. The molecule has 1 aromatic carbocycles. The number of hydrogen-bond donors (Lipinski definition) is 2. The summed E-state index contributed by atoms with van der Waals surface area (Å²) < 4.78 is 10.1. The number of nitrogens with one attached hydrogen (secondary N) is 2. The number of nitrogens with zero attached hydrogens (tertiary/aromatic N) is 1. The first-order valence-corrected chi connectivity index (χ1v) is 8.20. The minimum absolute atomic E-state index is 0.284. The lowest BCUT2D eigenvalue weighted by molar-refractivity contribution is 0.0952. The number of halogens is 2. The summed E-state index contributed by atoms with van der Waals surface area (Å²) in [4.78, 5) is 12.5. The van der Waals surface area contributed by atoms with E-state index in [2.05, 4.69) is 15.8 Å². The van der Waals surface area contributed by atoms with Crippen LogP contribution in [0.15, 0.2) is 22.7 Å². The summed E-state index contributed by atoms with van der Waals surface area (Å²) in [5, 5.41) is 10.7. The molecule has 0 saturated carbocycles. The first-order chi connectivity index (χ1) is 11.6. The number of aryl methyl sites for hydroxylation is 1. The molecule has 0 aliphatic carbocycles. The molecule has 0 fully saturated rings. The molecular formula is C16H19Cl2N3O3. The summed E-state index contributed by atoms with van der Waals surface area (Å²) in [5.74, 6) is 0.124. The van der Waals surface area contributed by atoms with Crippen molar-refractivity contribution in [2.75, 3.05) is 33.4 Å². The monoisotopic (exact) mass is 371 g/mol. The van der Waals surface area contributed by atoms with Crippen molar-refractivity contribution in [3.8, 4) is 11.3 Å². The van der Waals surface area contributed by atoms with Gasteiger partial charge < -0.3 is 19.9 Å². The maximum atomic E-state index is 12.5.